The van der Waals surface area contributed by atoms with Crippen LogP contribution < -0.4 is 0 Å². The summed E-state index contributed by atoms with van der Waals surface area (Å²) in [6, 6.07) is 0.651. The number of halogens is 1. The largest absolute Gasteiger partial charge is 0.293 e. The van der Waals surface area contributed by atoms with Crippen LogP contribution in [0.15, 0.2) is 0 Å². The summed E-state index contributed by atoms with van der Waals surface area (Å²) in [4.78, 5) is 2.13. The Bertz CT molecular complexity index is 73.7. The first kappa shape index (κ1) is 10.2. The second-order valence-electron chi connectivity index (χ2n) is 3.24. The van der Waals surface area contributed by atoms with Crippen LogP contribution in [-0.2, 0) is 0 Å². The lowest BCUT2D eigenvalue weighted by Gasteiger charge is -2.12. The molecule has 0 aliphatic heterocycles. The first-order valence-corrected chi connectivity index (χ1v) is 4.44. The van der Waals surface area contributed by atoms with Crippen molar-refractivity contribution < 1.29 is 0 Å². The van der Waals surface area contributed by atoms with Gasteiger partial charge in [0.1, 0.15) is 0 Å². The summed E-state index contributed by atoms with van der Waals surface area (Å²) >= 11 is 5.59. The minimum Gasteiger partial charge on any atom is -0.293 e. The van der Waals surface area contributed by atoms with Gasteiger partial charge in [0.05, 0.1) is 6.00 Å². The smallest absolute Gasteiger partial charge is 0.0735 e. The molecule has 0 fully saturated rings. The van der Waals surface area contributed by atoms with Gasteiger partial charge < -0.3 is 0 Å². The Morgan fingerprint density at radius 1 is 1.40 bits per heavy atom. The van der Waals surface area contributed by atoms with Crippen molar-refractivity contribution in [1.82, 2.24) is 4.90 Å². The number of hydrogen-bond donors (Lipinski definition) is 0. The van der Waals surface area contributed by atoms with Gasteiger partial charge in [0.15, 0.2) is 0 Å². The molecule has 0 aliphatic rings. The average Bonchev–Trinajstić information content (AvgIpc) is 1.87. The third kappa shape index (κ3) is 6.37. The predicted octanol–water partition coefficient (Wildman–Crippen LogP) is 2.55. The minimum atomic E-state index is 0.651. The standard InChI is InChI=1S/C8H18ClN/c1-8(2)5-4-6-10(3)7-9/h8H,4-7H2,1-3H3. The van der Waals surface area contributed by atoms with E-state index in [2.05, 4.69) is 18.7 Å². The Hall–Kier alpha value is 0.250. The molecule has 0 heterocycles. The van der Waals surface area contributed by atoms with Crippen LogP contribution in [0.2, 0.25) is 0 Å². The number of hydrogen-bond acceptors (Lipinski definition) is 1. The van der Waals surface area contributed by atoms with Gasteiger partial charge in [-0.05, 0) is 32.4 Å². The van der Waals surface area contributed by atoms with Gasteiger partial charge >= 0.3 is 0 Å². The molecule has 0 saturated carbocycles. The fraction of sp³-hybridized carbons (Fsp3) is 1.00. The molecule has 0 atom stereocenters. The van der Waals surface area contributed by atoms with E-state index in [4.69, 9.17) is 11.6 Å². The van der Waals surface area contributed by atoms with Gasteiger partial charge in [-0.3, -0.25) is 4.90 Å². The molecule has 0 spiro atoms. The molecular weight excluding hydrogens is 146 g/mol. The molecular formula is C8H18ClN. The van der Waals surface area contributed by atoms with Crippen molar-refractivity contribution in [2.24, 2.45) is 5.92 Å². The predicted molar refractivity (Wildman–Crippen MR) is 47.4 cm³/mol. The highest BCUT2D eigenvalue weighted by atomic mass is 35.5. The van der Waals surface area contributed by atoms with Gasteiger partial charge in [-0.1, -0.05) is 13.8 Å². The lowest BCUT2D eigenvalue weighted by Crippen LogP contribution is -2.17. The van der Waals surface area contributed by atoms with Crippen molar-refractivity contribution in [1.29, 1.82) is 0 Å². The summed E-state index contributed by atoms with van der Waals surface area (Å²) in [6.07, 6.45) is 2.57. The molecule has 0 aromatic rings. The fourth-order valence-electron chi connectivity index (χ4n) is 0.829. The third-order valence-corrected chi connectivity index (χ3v) is 1.93. The zero-order valence-corrected chi connectivity index (χ0v) is 7.99. The zero-order valence-electron chi connectivity index (χ0n) is 7.23. The van der Waals surface area contributed by atoms with E-state index in [1.54, 1.807) is 0 Å². The summed E-state index contributed by atoms with van der Waals surface area (Å²) in [5.41, 5.74) is 0. The Morgan fingerprint density at radius 2 is 2.00 bits per heavy atom. The average molecular weight is 164 g/mol. The van der Waals surface area contributed by atoms with Gasteiger partial charge in [0.25, 0.3) is 0 Å². The maximum Gasteiger partial charge on any atom is 0.0735 e. The SMILES string of the molecule is CC(C)CCCN(C)CCl. The van der Waals surface area contributed by atoms with Gasteiger partial charge in [0, 0.05) is 0 Å². The second kappa shape index (κ2) is 5.99. The van der Waals surface area contributed by atoms with Crippen molar-refractivity contribution in [3.63, 3.8) is 0 Å². The molecule has 62 valence electrons. The van der Waals surface area contributed by atoms with Crippen molar-refractivity contribution >= 4 is 11.6 Å². The first-order chi connectivity index (χ1) is 4.66. The van der Waals surface area contributed by atoms with E-state index in [0.717, 1.165) is 12.5 Å². The summed E-state index contributed by atoms with van der Waals surface area (Å²) in [5, 5.41) is 0. The monoisotopic (exact) mass is 163 g/mol. The van der Waals surface area contributed by atoms with Crippen molar-refractivity contribution in [2.45, 2.75) is 26.7 Å². The van der Waals surface area contributed by atoms with E-state index in [1.165, 1.54) is 12.8 Å². The Kier molecular flexibility index (Phi) is 6.14. The van der Waals surface area contributed by atoms with E-state index in [1.807, 2.05) is 7.05 Å². The lowest BCUT2D eigenvalue weighted by atomic mass is 10.1. The molecule has 0 amide bonds. The highest BCUT2D eigenvalue weighted by Gasteiger charge is 1.96. The molecule has 0 bridgehead atoms. The topological polar surface area (TPSA) is 3.24 Å². The van der Waals surface area contributed by atoms with Crippen LogP contribution >= 0.6 is 11.6 Å². The molecule has 0 radical (unpaired) electrons. The molecule has 0 N–H and O–H groups in total. The van der Waals surface area contributed by atoms with Crippen LogP contribution in [0.4, 0.5) is 0 Å². The van der Waals surface area contributed by atoms with Crippen LogP contribution in [0.3, 0.4) is 0 Å². The highest BCUT2D eigenvalue weighted by Crippen LogP contribution is 2.03. The quantitative estimate of drug-likeness (QED) is 0.445. The number of rotatable bonds is 5. The maximum absolute atomic E-state index is 5.59. The summed E-state index contributed by atoms with van der Waals surface area (Å²) in [5.74, 6) is 0.823. The molecule has 0 saturated heterocycles. The van der Waals surface area contributed by atoms with Gasteiger partial charge in [-0.2, -0.15) is 0 Å². The van der Waals surface area contributed by atoms with Crippen molar-refractivity contribution in [3.8, 4) is 0 Å². The first-order valence-electron chi connectivity index (χ1n) is 3.91. The van der Waals surface area contributed by atoms with Crippen molar-refractivity contribution in [2.75, 3.05) is 19.6 Å². The van der Waals surface area contributed by atoms with Gasteiger partial charge in [-0.15, -0.1) is 11.6 Å². The molecule has 0 unspecified atom stereocenters. The van der Waals surface area contributed by atoms with Crippen LogP contribution in [0.5, 0.6) is 0 Å². The van der Waals surface area contributed by atoms with Crippen LogP contribution in [-0.4, -0.2) is 24.5 Å². The second-order valence-corrected chi connectivity index (χ2v) is 3.47. The van der Waals surface area contributed by atoms with E-state index in [0.29, 0.717) is 6.00 Å². The third-order valence-electron chi connectivity index (χ3n) is 1.53. The summed E-state index contributed by atoms with van der Waals surface area (Å²) in [7, 11) is 2.05. The highest BCUT2D eigenvalue weighted by molar-refractivity contribution is 6.17. The Morgan fingerprint density at radius 3 is 2.40 bits per heavy atom. The van der Waals surface area contributed by atoms with E-state index in [9.17, 15) is 0 Å². The Labute approximate surface area is 69.4 Å². The van der Waals surface area contributed by atoms with Crippen molar-refractivity contribution in [3.05, 3.63) is 0 Å². The van der Waals surface area contributed by atoms with E-state index >= 15 is 0 Å². The molecule has 2 heteroatoms. The molecule has 0 aromatic heterocycles. The lowest BCUT2D eigenvalue weighted by molar-refractivity contribution is 0.363. The molecule has 10 heavy (non-hydrogen) atoms. The van der Waals surface area contributed by atoms with Crippen LogP contribution in [0.1, 0.15) is 26.7 Å². The number of nitrogens with zero attached hydrogens (tertiary/aromatic N) is 1. The van der Waals surface area contributed by atoms with Crippen LogP contribution in [0.25, 0.3) is 0 Å². The minimum absolute atomic E-state index is 0.651. The Balaban J connectivity index is 3.03. The maximum atomic E-state index is 5.59. The molecule has 0 rings (SSSR count). The van der Waals surface area contributed by atoms with Crippen LogP contribution in [0, 0.1) is 5.92 Å². The normalized spacial score (nSPS) is 11.4. The summed E-state index contributed by atoms with van der Waals surface area (Å²) < 4.78 is 0. The van der Waals surface area contributed by atoms with E-state index < -0.39 is 0 Å². The molecule has 1 nitrogen and oxygen atoms in total. The van der Waals surface area contributed by atoms with Gasteiger partial charge in [0.2, 0.25) is 0 Å². The zero-order chi connectivity index (χ0) is 7.98. The van der Waals surface area contributed by atoms with E-state index in [-0.39, 0.29) is 0 Å². The fourth-order valence-corrected chi connectivity index (χ4v) is 0.949. The van der Waals surface area contributed by atoms with Gasteiger partial charge in [-0.25, -0.2) is 0 Å². The molecule has 0 aliphatic carbocycles. The molecule has 0 aromatic carbocycles. The number of alkyl halides is 1. The summed E-state index contributed by atoms with van der Waals surface area (Å²) in [6.45, 7) is 5.63.